The molecule has 0 aliphatic carbocycles. The number of amides is 3. The van der Waals surface area contributed by atoms with Crippen molar-refractivity contribution in [2.24, 2.45) is 0 Å². The fraction of sp³-hybridized carbons (Fsp3) is 0.386. The number of rotatable bonds is 16. The van der Waals surface area contributed by atoms with Gasteiger partial charge in [0.15, 0.2) is 6.23 Å². The molecule has 0 saturated heterocycles. The average molecular weight is 818 g/mol. The number of aromatic amines is 3. The second-order valence-corrected chi connectivity index (χ2v) is 16.1. The van der Waals surface area contributed by atoms with E-state index in [4.69, 9.17) is 9.63 Å². The first-order valence-corrected chi connectivity index (χ1v) is 21.4. The third-order valence-corrected chi connectivity index (χ3v) is 12.5. The fourth-order valence-electron chi connectivity index (χ4n) is 9.30. The SMILES string of the molecule is O=POCCCCCC(=O)N1CCc2c1ccc1[nH]c(C(O)N3CCc4c3ccc3[nH]c(C(=O)N5CCc6c5ccc5[nH]c(C(=O)NCCCCCO)cc65)cc43)cc21. The zero-order valence-corrected chi connectivity index (χ0v) is 33.7. The average Bonchev–Trinajstić information content (AvgIpc) is 4.10. The summed E-state index contributed by atoms with van der Waals surface area (Å²) in [4.78, 5) is 55.8. The lowest BCUT2D eigenvalue weighted by Crippen LogP contribution is -2.29. The van der Waals surface area contributed by atoms with Gasteiger partial charge < -0.3 is 45.2 Å². The van der Waals surface area contributed by atoms with Gasteiger partial charge in [-0.15, -0.1) is 0 Å². The molecule has 0 radical (unpaired) electrons. The minimum atomic E-state index is -0.921. The molecule has 14 nitrogen and oxygen atoms in total. The van der Waals surface area contributed by atoms with E-state index in [1.807, 2.05) is 69.3 Å². The minimum Gasteiger partial charge on any atom is -0.396 e. The number of H-pyrrole nitrogens is 3. The van der Waals surface area contributed by atoms with Crippen LogP contribution >= 0.6 is 8.69 Å². The molecular formula is C44H48N7O7P. The molecule has 6 N–H and O–H groups in total. The number of hydrogen-bond acceptors (Lipinski definition) is 8. The van der Waals surface area contributed by atoms with Crippen molar-refractivity contribution in [3.63, 3.8) is 0 Å². The number of carbonyl (C=O) groups is 3. The van der Waals surface area contributed by atoms with Crippen LogP contribution in [0.25, 0.3) is 32.7 Å². The molecule has 9 rings (SSSR count). The third kappa shape index (κ3) is 7.28. The first-order chi connectivity index (χ1) is 28.8. The van der Waals surface area contributed by atoms with Gasteiger partial charge in [-0.3, -0.25) is 18.9 Å². The Bertz CT molecular complexity index is 2590. The molecular weight excluding hydrogens is 769 g/mol. The van der Waals surface area contributed by atoms with Crippen molar-refractivity contribution in [2.45, 2.75) is 70.4 Å². The fourth-order valence-corrected chi connectivity index (χ4v) is 9.50. The van der Waals surface area contributed by atoms with Gasteiger partial charge in [-0.05, 0) is 123 Å². The Hall–Kier alpha value is -5.53. The van der Waals surface area contributed by atoms with Crippen LogP contribution in [0.5, 0.6) is 0 Å². The van der Waals surface area contributed by atoms with Crippen LogP contribution in [-0.4, -0.2) is 82.3 Å². The molecule has 1 atom stereocenters. The number of hydrogen-bond donors (Lipinski definition) is 6. The first kappa shape index (κ1) is 39.0. The van der Waals surface area contributed by atoms with E-state index in [9.17, 15) is 24.1 Å². The molecule has 1 unspecified atom stereocenters. The molecule has 3 aromatic carbocycles. The first-order valence-electron chi connectivity index (χ1n) is 20.7. The number of anilines is 3. The molecule has 306 valence electrons. The van der Waals surface area contributed by atoms with E-state index in [-0.39, 0.29) is 33.0 Å². The molecule has 0 spiro atoms. The number of nitrogens with zero attached hydrogens (tertiary/aromatic N) is 3. The van der Waals surface area contributed by atoms with Crippen LogP contribution in [0, 0.1) is 0 Å². The van der Waals surface area contributed by atoms with Crippen molar-refractivity contribution in [3.05, 3.63) is 88.4 Å². The highest BCUT2D eigenvalue weighted by molar-refractivity contribution is 7.17. The Balaban J connectivity index is 0.891. The quantitative estimate of drug-likeness (QED) is 0.0447. The maximum absolute atomic E-state index is 14.1. The normalized spacial score (nSPS) is 15.2. The molecule has 59 heavy (non-hydrogen) atoms. The van der Waals surface area contributed by atoms with Gasteiger partial charge in [0.1, 0.15) is 11.4 Å². The van der Waals surface area contributed by atoms with Crippen LogP contribution in [0.1, 0.15) is 94.5 Å². The summed E-state index contributed by atoms with van der Waals surface area (Å²) in [7, 11) is -0.311. The maximum atomic E-state index is 14.1. The van der Waals surface area contributed by atoms with Crippen molar-refractivity contribution in [1.29, 1.82) is 0 Å². The second kappa shape index (κ2) is 16.6. The Morgan fingerprint density at radius 2 is 1.32 bits per heavy atom. The summed E-state index contributed by atoms with van der Waals surface area (Å²) >= 11 is 0. The van der Waals surface area contributed by atoms with Gasteiger partial charge in [-0.1, -0.05) is 6.42 Å². The largest absolute Gasteiger partial charge is 0.396 e. The Morgan fingerprint density at radius 1 is 0.712 bits per heavy atom. The number of unbranched alkanes of at least 4 members (excludes halogenated alkanes) is 4. The highest BCUT2D eigenvalue weighted by Crippen LogP contribution is 2.42. The predicted molar refractivity (Wildman–Crippen MR) is 228 cm³/mol. The lowest BCUT2D eigenvalue weighted by Gasteiger charge is -2.25. The van der Waals surface area contributed by atoms with Crippen molar-refractivity contribution in [3.8, 4) is 0 Å². The summed E-state index contributed by atoms with van der Waals surface area (Å²) in [6.07, 6.45) is 6.39. The number of aliphatic hydroxyl groups excluding tert-OH is 2. The number of nitrogens with one attached hydrogen (secondary N) is 4. The van der Waals surface area contributed by atoms with Crippen LogP contribution in [0.3, 0.4) is 0 Å². The third-order valence-electron chi connectivity index (χ3n) is 12.3. The molecule has 6 heterocycles. The Labute approximate surface area is 342 Å². The minimum absolute atomic E-state index is 0.0961. The molecule has 0 bridgehead atoms. The summed E-state index contributed by atoms with van der Waals surface area (Å²) in [6, 6.07) is 17.7. The lowest BCUT2D eigenvalue weighted by atomic mass is 10.1. The van der Waals surface area contributed by atoms with Crippen molar-refractivity contribution >= 4 is 76.2 Å². The van der Waals surface area contributed by atoms with Crippen LogP contribution in [0.15, 0.2) is 54.6 Å². The number of aromatic nitrogens is 3. The van der Waals surface area contributed by atoms with Gasteiger partial charge in [0.05, 0.1) is 12.3 Å². The number of fused-ring (bicyclic) bond motifs is 9. The molecule has 0 fully saturated rings. The molecule has 6 aromatic rings. The monoisotopic (exact) mass is 817 g/mol. The van der Waals surface area contributed by atoms with E-state index in [2.05, 4.69) is 20.3 Å². The van der Waals surface area contributed by atoms with Crippen LogP contribution in [0.4, 0.5) is 17.1 Å². The topological polar surface area (TPSA) is 187 Å². The summed E-state index contributed by atoms with van der Waals surface area (Å²) < 4.78 is 15.3. The van der Waals surface area contributed by atoms with Crippen molar-refractivity contribution < 1.29 is 33.7 Å². The molecule has 3 aromatic heterocycles. The van der Waals surface area contributed by atoms with Gasteiger partial charge in [-0.25, -0.2) is 4.57 Å². The van der Waals surface area contributed by atoms with E-state index >= 15 is 0 Å². The maximum Gasteiger partial charge on any atom is 0.327 e. The smallest absolute Gasteiger partial charge is 0.327 e. The van der Waals surface area contributed by atoms with Gasteiger partial charge in [-0.2, -0.15) is 0 Å². The summed E-state index contributed by atoms with van der Waals surface area (Å²) in [5, 5.41) is 26.7. The van der Waals surface area contributed by atoms with Gasteiger partial charge in [0.2, 0.25) is 5.91 Å². The summed E-state index contributed by atoms with van der Waals surface area (Å²) in [5.74, 6) is -0.192. The molecule has 3 aliphatic heterocycles. The van der Waals surface area contributed by atoms with Crippen LogP contribution in [-0.2, 0) is 33.1 Å². The molecule has 3 amide bonds. The molecule has 3 aliphatic rings. The summed E-state index contributed by atoms with van der Waals surface area (Å²) in [6.45, 7) is 2.88. The highest BCUT2D eigenvalue weighted by atomic mass is 31.1. The van der Waals surface area contributed by atoms with Gasteiger partial charge >= 0.3 is 8.69 Å². The van der Waals surface area contributed by atoms with E-state index in [0.717, 1.165) is 111 Å². The Kier molecular flexibility index (Phi) is 11.0. The van der Waals surface area contributed by atoms with Crippen LogP contribution in [0.2, 0.25) is 0 Å². The molecule has 0 saturated carbocycles. The van der Waals surface area contributed by atoms with E-state index < -0.39 is 6.23 Å². The lowest BCUT2D eigenvalue weighted by molar-refractivity contribution is -0.118. The van der Waals surface area contributed by atoms with Gasteiger partial charge in [0.25, 0.3) is 11.8 Å². The number of aliphatic hydroxyl groups is 2. The van der Waals surface area contributed by atoms with Crippen LogP contribution < -0.4 is 20.0 Å². The van der Waals surface area contributed by atoms with Crippen molar-refractivity contribution in [2.75, 3.05) is 54.1 Å². The molecule has 15 heteroatoms. The van der Waals surface area contributed by atoms with Crippen molar-refractivity contribution in [1.82, 2.24) is 20.3 Å². The Morgan fingerprint density at radius 3 is 2.07 bits per heavy atom. The highest BCUT2D eigenvalue weighted by Gasteiger charge is 2.33. The summed E-state index contributed by atoms with van der Waals surface area (Å²) in [5.41, 5.74) is 10.2. The van der Waals surface area contributed by atoms with E-state index in [1.165, 1.54) is 0 Å². The van der Waals surface area contributed by atoms with E-state index in [1.54, 1.807) is 0 Å². The van der Waals surface area contributed by atoms with Gasteiger partial charge in [0, 0.05) is 89.0 Å². The number of benzene rings is 3. The van der Waals surface area contributed by atoms with E-state index in [0.29, 0.717) is 69.1 Å². The second-order valence-electron chi connectivity index (χ2n) is 15.7. The number of carbonyl (C=O) groups excluding carboxylic acids is 3. The predicted octanol–water partition coefficient (Wildman–Crippen LogP) is 6.95. The zero-order chi connectivity index (χ0) is 40.6. The standard InChI is InChI=1S/C44H48N7O7P/c52-21-5-2-4-17-45-42(54)35-23-29-27-15-19-50(39(27)12-9-32(29)46-35)44(56)37-25-31-28-16-20-51(40(28)13-10-34(31)48-37)43(55)36-24-30-26-14-18-49(38(26)11-8-33(30)47-36)41(53)7-3-1-6-22-58-59-57/h8-13,23-25,43,46-48,52,55H,1-7,14-22H2,(H,45,54). The zero-order valence-electron chi connectivity index (χ0n) is 32.8.